The zero-order chi connectivity index (χ0) is 45.2. The lowest BCUT2D eigenvalue weighted by Gasteiger charge is -2.46. The zero-order valence-corrected chi connectivity index (χ0v) is 55.1. The minimum Gasteiger partial charge on any atom is -0.414 e. The summed E-state index contributed by atoms with van der Waals surface area (Å²) in [6.07, 6.45) is 2.39. The van der Waals surface area contributed by atoms with Crippen LogP contribution in [0.15, 0.2) is 58.0 Å². The molecule has 1 fully saturated rings. The molecule has 1 saturated heterocycles. The molecule has 34 heteroatoms. The lowest BCUT2D eigenvalue weighted by atomic mass is 10.1. The fourth-order valence-corrected chi connectivity index (χ4v) is 259. The van der Waals surface area contributed by atoms with Crippen LogP contribution in [0.4, 0.5) is 14.6 Å². The topological polar surface area (TPSA) is 146 Å². The van der Waals surface area contributed by atoms with Gasteiger partial charge in [-0.25, -0.2) is 27.2 Å². The SMILES string of the molecule is CC(CF)NCc1ccc(-c2nnc(-c3nc(-c4ccc(S(=O)(=O)C5CCOCC5)cc4)cnc3N)o2)c(F)c1.PPP(P(P)P)P(P(P(P)P)P(P)P)P(P(P)P)P(P)P. The van der Waals surface area contributed by atoms with Crippen LogP contribution < -0.4 is 11.1 Å². The first-order valence-corrected chi connectivity index (χ1v) is 56.5. The van der Waals surface area contributed by atoms with Crippen molar-refractivity contribution < 1.29 is 26.4 Å². The summed E-state index contributed by atoms with van der Waals surface area (Å²) in [4.78, 5) is 8.91. The molecule has 2 aromatic carbocycles. The molecule has 14 atom stereocenters. The van der Waals surface area contributed by atoms with Crippen LogP contribution in [-0.2, 0) is 21.1 Å². The number of ether oxygens (including phenoxy) is 1. The minimum absolute atomic E-state index is 0.0292. The van der Waals surface area contributed by atoms with Gasteiger partial charge in [-0.05, 0) is 112 Å². The van der Waals surface area contributed by atoms with E-state index in [-0.39, 0.29) is 103 Å². The molecule has 1 aliphatic heterocycles. The van der Waals surface area contributed by atoms with Crippen LogP contribution in [0.5, 0.6) is 0 Å². The third kappa shape index (κ3) is 17.2. The van der Waals surface area contributed by atoms with Crippen LogP contribution >= 0.6 is 169 Å². The van der Waals surface area contributed by atoms with E-state index in [2.05, 4.69) is 124 Å². The molecule has 3 N–H and O–H groups in total. The Bertz CT molecular complexity index is 2080. The summed E-state index contributed by atoms with van der Waals surface area (Å²) in [7, 11) is 32.4. The van der Waals surface area contributed by atoms with Crippen molar-refractivity contribution in [1.29, 1.82) is 0 Å². The summed E-state index contributed by atoms with van der Waals surface area (Å²) in [5, 5.41) is 10.4. The van der Waals surface area contributed by atoms with Gasteiger partial charge >= 0.3 is 0 Å². The molecule has 61 heavy (non-hydrogen) atoms. The van der Waals surface area contributed by atoms with Crippen molar-refractivity contribution in [2.24, 2.45) is 0 Å². The molecule has 2 aromatic heterocycles. The molecule has 5 rings (SSSR count). The number of halogens is 2. The van der Waals surface area contributed by atoms with Gasteiger partial charge in [0.2, 0.25) is 0 Å². The molecule has 0 aliphatic carbocycles. The van der Waals surface area contributed by atoms with E-state index in [0.717, 1.165) is 7.96 Å². The van der Waals surface area contributed by atoms with Crippen LogP contribution in [-0.4, -0.2) is 59.8 Å². The smallest absolute Gasteiger partial charge is 0.270 e. The highest BCUT2D eigenvalue weighted by Gasteiger charge is 2.43. The summed E-state index contributed by atoms with van der Waals surface area (Å²) in [6, 6.07) is 10.5. The van der Waals surface area contributed by atoms with Crippen molar-refractivity contribution in [3.8, 4) is 34.3 Å². The van der Waals surface area contributed by atoms with Crippen molar-refractivity contribution in [3.05, 3.63) is 60.0 Å². The van der Waals surface area contributed by atoms with Crippen molar-refractivity contribution in [2.75, 3.05) is 25.6 Å². The number of hydrogen-bond acceptors (Lipinski definition) is 10. The van der Waals surface area contributed by atoms with Crippen LogP contribution in [0.3, 0.4) is 0 Å². The van der Waals surface area contributed by atoms with Gasteiger partial charge in [0.25, 0.3) is 11.8 Å². The Morgan fingerprint density at radius 2 is 1.44 bits per heavy atom. The molecular formula is C27H51F2N6O4P21S. The van der Waals surface area contributed by atoms with E-state index >= 15 is 0 Å². The quantitative estimate of drug-likeness (QED) is 0.0923. The standard InChI is InChI=1S/C27H28F2N6O4S.H23P21/c1-16(13-28)31-14-17-2-7-21(22(29)12-17)26-34-35-27(39-26)24-25(30)32-15-23(33-24)18-3-5-19(6-4-18)40(36,37)20-8-10-38-11-9-20;1-12-18(13(2)3)21(19(14(4)5)15(6)7)20(16(8)9)17(10)11/h2-7,12,15-16,20,31H,8-11,13-14H2,1H3,(H2,30,32);12H,1-11H2. The Kier molecular flexibility index (Phi) is 28.0. The Hall–Kier alpha value is 5.22. The van der Waals surface area contributed by atoms with Gasteiger partial charge in [-0.15, -0.1) is 108 Å². The first-order chi connectivity index (χ1) is 28.8. The first-order valence-electron chi connectivity index (χ1n) is 17.4. The van der Waals surface area contributed by atoms with Gasteiger partial charge in [0.05, 0.1) is 27.6 Å². The second-order valence-electron chi connectivity index (χ2n) is 12.7. The molecule has 338 valence electrons. The number of alkyl halides is 1. The summed E-state index contributed by atoms with van der Waals surface area (Å²) in [5.41, 5.74) is 7.88. The fraction of sp³-hybridized carbons (Fsp3) is 0.333. The average molecular weight is 1240 g/mol. The van der Waals surface area contributed by atoms with E-state index in [1.165, 1.54) is 18.3 Å². The van der Waals surface area contributed by atoms with E-state index in [9.17, 15) is 17.2 Å². The number of nitrogens with zero attached hydrogens (tertiary/aromatic N) is 4. The molecule has 0 spiro atoms. The van der Waals surface area contributed by atoms with Gasteiger partial charge in [-0.3, -0.25) is 0 Å². The van der Waals surface area contributed by atoms with Crippen LogP contribution in [0.25, 0.3) is 34.3 Å². The van der Waals surface area contributed by atoms with Crippen LogP contribution in [0.1, 0.15) is 25.3 Å². The van der Waals surface area contributed by atoms with E-state index in [1.807, 2.05) is 0 Å². The summed E-state index contributed by atoms with van der Waals surface area (Å²) in [6.45, 7) is 3.14. The number of sulfone groups is 1. The molecule has 0 bridgehead atoms. The lowest BCUT2D eigenvalue weighted by molar-refractivity contribution is 0.0983. The molecule has 0 saturated carbocycles. The van der Waals surface area contributed by atoms with Crippen molar-refractivity contribution in [3.63, 3.8) is 0 Å². The normalized spacial score (nSPS) is 15.4. The van der Waals surface area contributed by atoms with Gasteiger partial charge in [0.15, 0.2) is 21.3 Å². The third-order valence-electron chi connectivity index (χ3n) is 8.31. The van der Waals surface area contributed by atoms with Crippen LogP contribution in [0.2, 0.25) is 0 Å². The van der Waals surface area contributed by atoms with Crippen molar-refractivity contribution in [2.45, 2.75) is 42.5 Å². The molecule has 14 unspecified atom stereocenters. The van der Waals surface area contributed by atoms with Gasteiger partial charge < -0.3 is 20.2 Å². The molecule has 10 nitrogen and oxygen atoms in total. The molecule has 0 amide bonds. The maximum Gasteiger partial charge on any atom is 0.270 e. The highest BCUT2D eigenvalue weighted by atomic mass is 33.4. The molecular weight excluding hydrogens is 1190 g/mol. The van der Waals surface area contributed by atoms with Crippen molar-refractivity contribution in [1.82, 2.24) is 25.5 Å². The predicted octanol–water partition coefficient (Wildman–Crippen LogP) is 15.9. The number of nitrogens with one attached hydrogen (secondary N) is 1. The average Bonchev–Trinajstić information content (AvgIpc) is 3.70. The minimum atomic E-state index is -3.48. The molecule has 0 radical (unpaired) electrons. The van der Waals surface area contributed by atoms with Gasteiger partial charge in [-0.2, -0.15) is 0 Å². The Morgan fingerprint density at radius 3 is 1.95 bits per heavy atom. The number of nitrogen functional groups attached to an aromatic ring is 1. The predicted molar refractivity (Wildman–Crippen MR) is 321 cm³/mol. The second kappa shape index (κ2) is 29.1. The highest BCUT2D eigenvalue weighted by molar-refractivity contribution is 9.37. The highest BCUT2D eigenvalue weighted by Crippen LogP contribution is 3.31. The number of aromatic nitrogens is 4. The summed E-state index contributed by atoms with van der Waals surface area (Å²) in [5.74, 6) is -0.673. The lowest BCUT2D eigenvalue weighted by Crippen LogP contribution is -2.28. The second-order valence-corrected chi connectivity index (χ2v) is 96.1. The van der Waals surface area contributed by atoms with E-state index < -0.39 is 27.6 Å². The monoisotopic (exact) mass is 1240 g/mol. The largest absolute Gasteiger partial charge is 0.414 e. The Balaban J connectivity index is 0.000000332. The van der Waals surface area contributed by atoms with E-state index in [0.29, 0.717) is 49.4 Å². The van der Waals surface area contributed by atoms with Gasteiger partial charge in [-0.1, -0.05) is 26.2 Å². The van der Waals surface area contributed by atoms with E-state index in [4.69, 9.17) is 14.9 Å². The maximum atomic E-state index is 14.8. The van der Waals surface area contributed by atoms with Gasteiger partial charge in [0, 0.05) is 31.4 Å². The number of nitrogens with two attached hydrogens (primary N) is 1. The number of rotatable bonds is 18. The summed E-state index contributed by atoms with van der Waals surface area (Å²) >= 11 is 0. The molecule has 1 aliphatic rings. The van der Waals surface area contributed by atoms with Crippen LogP contribution in [0, 0.1) is 5.82 Å². The summed E-state index contributed by atoms with van der Waals surface area (Å²) < 4.78 is 64.4. The Morgan fingerprint density at radius 1 is 0.869 bits per heavy atom. The molecule has 3 heterocycles. The van der Waals surface area contributed by atoms with Gasteiger partial charge in [0.1, 0.15) is 12.5 Å². The number of hydrogen-bond donors (Lipinski definition) is 2. The van der Waals surface area contributed by atoms with Crippen molar-refractivity contribution >= 4 is 185 Å². The fourth-order valence-electron chi connectivity index (χ4n) is 5.35. The number of benzene rings is 2. The maximum absolute atomic E-state index is 14.8. The number of anilines is 1. The Labute approximate surface area is 395 Å². The molecule has 4 aromatic rings. The first kappa shape index (κ1) is 58.8. The zero-order valence-electron chi connectivity index (χ0n) is 32.6. The van der Waals surface area contributed by atoms with E-state index in [1.54, 1.807) is 37.3 Å². The third-order valence-corrected chi connectivity index (χ3v) is 143.